The lowest BCUT2D eigenvalue weighted by Crippen LogP contribution is -2.46. The second-order valence-electron chi connectivity index (χ2n) is 6.64. The highest BCUT2D eigenvalue weighted by molar-refractivity contribution is 8.00. The van der Waals surface area contributed by atoms with Crippen LogP contribution >= 0.6 is 11.8 Å². The molecule has 0 saturated carbocycles. The molecule has 1 heterocycles. The average molecular weight is 347 g/mol. The Bertz CT molecular complexity index is 724. The van der Waals surface area contributed by atoms with Crippen molar-refractivity contribution in [2.75, 3.05) is 0 Å². The van der Waals surface area contributed by atoms with Gasteiger partial charge < -0.3 is 5.32 Å². The van der Waals surface area contributed by atoms with Gasteiger partial charge in [0.15, 0.2) is 5.16 Å². The van der Waals surface area contributed by atoms with Gasteiger partial charge in [0.05, 0.1) is 10.9 Å². The van der Waals surface area contributed by atoms with Crippen molar-refractivity contribution in [2.24, 2.45) is 0 Å². The maximum Gasteiger partial charge on any atom is 0.233 e. The standard InChI is InChI=1S/C18H26N4OS/c1-7-18(5,6)19-16(23)13(3)24-17-21-20-14(4)22(17)15-11-9-8-10-12(15)2/h8-11,13H,7H2,1-6H3,(H,19,23). The third kappa shape index (κ3) is 4.17. The molecule has 130 valence electrons. The highest BCUT2D eigenvalue weighted by Gasteiger charge is 2.24. The predicted molar refractivity (Wildman–Crippen MR) is 98.7 cm³/mol. The van der Waals surface area contributed by atoms with Crippen LogP contribution in [0, 0.1) is 13.8 Å². The van der Waals surface area contributed by atoms with Crippen LogP contribution in [0.3, 0.4) is 0 Å². The zero-order valence-electron chi connectivity index (χ0n) is 15.3. The summed E-state index contributed by atoms with van der Waals surface area (Å²) in [5.41, 5.74) is 1.99. The van der Waals surface area contributed by atoms with Gasteiger partial charge in [0.1, 0.15) is 5.82 Å². The van der Waals surface area contributed by atoms with E-state index in [4.69, 9.17) is 0 Å². The van der Waals surface area contributed by atoms with Gasteiger partial charge in [-0.2, -0.15) is 0 Å². The van der Waals surface area contributed by atoms with Gasteiger partial charge in [0.2, 0.25) is 5.91 Å². The number of nitrogens with one attached hydrogen (secondary N) is 1. The number of aryl methyl sites for hydroxylation is 2. The first-order chi connectivity index (χ1) is 11.2. The Morgan fingerprint density at radius 2 is 1.96 bits per heavy atom. The minimum Gasteiger partial charge on any atom is -0.350 e. The van der Waals surface area contributed by atoms with Gasteiger partial charge in [-0.15, -0.1) is 10.2 Å². The van der Waals surface area contributed by atoms with Crippen LogP contribution in [0.25, 0.3) is 5.69 Å². The van der Waals surface area contributed by atoms with E-state index in [1.807, 2.05) is 50.5 Å². The van der Waals surface area contributed by atoms with E-state index < -0.39 is 0 Å². The molecule has 0 aliphatic rings. The molecule has 0 bridgehead atoms. The molecule has 0 aliphatic heterocycles. The number of hydrogen-bond acceptors (Lipinski definition) is 4. The number of carbonyl (C=O) groups is 1. The molecule has 0 aliphatic carbocycles. The summed E-state index contributed by atoms with van der Waals surface area (Å²) in [7, 11) is 0. The second kappa shape index (κ2) is 7.38. The lowest BCUT2D eigenvalue weighted by molar-refractivity contribution is -0.121. The van der Waals surface area contributed by atoms with Crippen molar-refractivity contribution < 1.29 is 4.79 Å². The van der Waals surface area contributed by atoms with E-state index in [9.17, 15) is 4.79 Å². The topological polar surface area (TPSA) is 59.8 Å². The van der Waals surface area contributed by atoms with Crippen molar-refractivity contribution in [1.82, 2.24) is 20.1 Å². The van der Waals surface area contributed by atoms with E-state index in [0.29, 0.717) is 0 Å². The lowest BCUT2D eigenvalue weighted by Gasteiger charge is -2.26. The minimum atomic E-state index is -0.248. The van der Waals surface area contributed by atoms with E-state index in [-0.39, 0.29) is 16.7 Å². The Morgan fingerprint density at radius 1 is 1.29 bits per heavy atom. The first kappa shape index (κ1) is 18.5. The van der Waals surface area contributed by atoms with Gasteiger partial charge in [-0.1, -0.05) is 36.9 Å². The second-order valence-corrected chi connectivity index (χ2v) is 7.95. The molecule has 1 atom stereocenters. The van der Waals surface area contributed by atoms with Crippen LogP contribution in [0.2, 0.25) is 0 Å². The molecular formula is C18H26N4OS. The van der Waals surface area contributed by atoms with Gasteiger partial charge >= 0.3 is 0 Å². The maximum atomic E-state index is 12.5. The molecule has 0 fully saturated rings. The summed E-state index contributed by atoms with van der Waals surface area (Å²) in [6, 6.07) is 8.11. The molecule has 0 saturated heterocycles. The molecule has 1 aromatic heterocycles. The van der Waals surface area contributed by atoms with Gasteiger partial charge in [-0.25, -0.2) is 0 Å². The van der Waals surface area contributed by atoms with Crippen molar-refractivity contribution in [3.8, 4) is 5.69 Å². The Balaban J connectivity index is 2.23. The van der Waals surface area contributed by atoms with E-state index in [0.717, 1.165) is 28.7 Å². The molecule has 0 radical (unpaired) electrons. The summed E-state index contributed by atoms with van der Waals surface area (Å²) in [5, 5.41) is 12.0. The Labute approximate surface area is 148 Å². The highest BCUT2D eigenvalue weighted by atomic mass is 32.2. The zero-order valence-corrected chi connectivity index (χ0v) is 16.1. The Kier molecular flexibility index (Phi) is 5.70. The number of aromatic nitrogens is 3. The molecule has 2 rings (SSSR count). The molecule has 24 heavy (non-hydrogen) atoms. The number of nitrogens with zero attached hydrogens (tertiary/aromatic N) is 3. The van der Waals surface area contributed by atoms with E-state index in [1.54, 1.807) is 0 Å². The number of thioether (sulfide) groups is 1. The molecule has 1 unspecified atom stereocenters. The highest BCUT2D eigenvalue weighted by Crippen LogP contribution is 2.27. The fourth-order valence-corrected chi connectivity index (χ4v) is 3.15. The zero-order chi connectivity index (χ0) is 17.9. The number of carbonyl (C=O) groups excluding carboxylic acids is 1. The van der Waals surface area contributed by atoms with Crippen molar-refractivity contribution in [3.05, 3.63) is 35.7 Å². The van der Waals surface area contributed by atoms with Crippen molar-refractivity contribution in [3.63, 3.8) is 0 Å². The Morgan fingerprint density at radius 3 is 2.58 bits per heavy atom. The largest absolute Gasteiger partial charge is 0.350 e. The smallest absolute Gasteiger partial charge is 0.233 e. The first-order valence-corrected chi connectivity index (χ1v) is 9.10. The molecular weight excluding hydrogens is 320 g/mol. The van der Waals surface area contributed by atoms with Crippen LogP contribution in [-0.2, 0) is 4.79 Å². The summed E-state index contributed by atoms with van der Waals surface area (Å²) in [5.74, 6) is 0.831. The summed E-state index contributed by atoms with van der Waals surface area (Å²) in [6.45, 7) is 12.0. The van der Waals surface area contributed by atoms with Crippen molar-refractivity contribution >= 4 is 17.7 Å². The summed E-state index contributed by atoms with van der Waals surface area (Å²) in [6.07, 6.45) is 0.884. The van der Waals surface area contributed by atoms with E-state index in [2.05, 4.69) is 35.4 Å². The third-order valence-electron chi connectivity index (χ3n) is 4.15. The van der Waals surface area contributed by atoms with Crippen molar-refractivity contribution in [1.29, 1.82) is 0 Å². The van der Waals surface area contributed by atoms with Crippen molar-refractivity contribution in [2.45, 2.75) is 63.9 Å². The molecule has 6 heteroatoms. The normalized spacial score (nSPS) is 12.9. The lowest BCUT2D eigenvalue weighted by atomic mass is 10.0. The molecule has 1 aromatic carbocycles. The first-order valence-electron chi connectivity index (χ1n) is 8.22. The fourth-order valence-electron chi connectivity index (χ4n) is 2.25. The van der Waals surface area contributed by atoms with Crippen LogP contribution in [0.1, 0.15) is 45.5 Å². The maximum absolute atomic E-state index is 12.5. The van der Waals surface area contributed by atoms with Crippen LogP contribution in [0.4, 0.5) is 0 Å². The quantitative estimate of drug-likeness (QED) is 0.811. The molecule has 2 aromatic rings. The molecule has 5 nitrogen and oxygen atoms in total. The van der Waals surface area contributed by atoms with Gasteiger partial charge in [-0.3, -0.25) is 9.36 Å². The molecule has 1 N–H and O–H groups in total. The number of rotatable bonds is 6. The van der Waals surface area contributed by atoms with Gasteiger partial charge in [0, 0.05) is 5.54 Å². The van der Waals surface area contributed by atoms with Crippen LogP contribution < -0.4 is 5.32 Å². The van der Waals surface area contributed by atoms with Crippen LogP contribution in [0.15, 0.2) is 29.4 Å². The predicted octanol–water partition coefficient (Wildman–Crippen LogP) is 3.67. The fraction of sp³-hybridized carbons (Fsp3) is 0.500. The number of amides is 1. The van der Waals surface area contributed by atoms with Crippen LogP contribution in [0.5, 0.6) is 0 Å². The summed E-state index contributed by atoms with van der Waals surface area (Å²) >= 11 is 1.43. The number of benzene rings is 1. The number of para-hydroxylation sites is 1. The molecule has 0 spiro atoms. The van der Waals surface area contributed by atoms with E-state index >= 15 is 0 Å². The third-order valence-corrected chi connectivity index (χ3v) is 5.19. The van der Waals surface area contributed by atoms with E-state index in [1.165, 1.54) is 11.8 Å². The summed E-state index contributed by atoms with van der Waals surface area (Å²) < 4.78 is 2.01. The summed E-state index contributed by atoms with van der Waals surface area (Å²) in [4.78, 5) is 12.5. The van der Waals surface area contributed by atoms with Gasteiger partial charge in [-0.05, 0) is 52.7 Å². The number of hydrogen-bond donors (Lipinski definition) is 1. The Hall–Kier alpha value is -1.82. The average Bonchev–Trinajstić information content (AvgIpc) is 2.88. The monoisotopic (exact) mass is 346 g/mol. The molecule has 1 amide bonds. The SMILES string of the molecule is CCC(C)(C)NC(=O)C(C)Sc1nnc(C)n1-c1ccccc1C. The minimum absolute atomic E-state index is 0.0174. The van der Waals surface area contributed by atoms with Crippen LogP contribution in [-0.4, -0.2) is 31.5 Å². The van der Waals surface area contributed by atoms with Gasteiger partial charge in [0.25, 0.3) is 0 Å².